The molecule has 5 heteroatoms. The van der Waals surface area contributed by atoms with Crippen molar-refractivity contribution in [1.82, 2.24) is 0 Å². The van der Waals surface area contributed by atoms with Crippen molar-refractivity contribution < 1.29 is 24.5 Å². The van der Waals surface area contributed by atoms with Gasteiger partial charge < -0.3 is 24.5 Å². The quantitative estimate of drug-likeness (QED) is 0.663. The maximum absolute atomic E-state index is 11.4. The fourth-order valence-electron chi connectivity index (χ4n) is 2.30. The van der Waals surface area contributed by atoms with Crippen LogP contribution in [0.5, 0.6) is 0 Å². The Bertz CT molecular complexity index is 482. The summed E-state index contributed by atoms with van der Waals surface area (Å²) in [6.45, 7) is 0.234. The van der Waals surface area contributed by atoms with Gasteiger partial charge in [0, 0.05) is 5.97 Å². The number of carboxylic acid groups (broad SMARTS) is 2. The minimum atomic E-state index is -1.67. The van der Waals surface area contributed by atoms with E-state index in [2.05, 4.69) is 0 Å². The van der Waals surface area contributed by atoms with E-state index < -0.39 is 17.5 Å². The van der Waals surface area contributed by atoms with Gasteiger partial charge in [0.2, 0.25) is 0 Å². The molecule has 1 aromatic rings. The molecular weight excluding hydrogens is 236 g/mol. The lowest BCUT2D eigenvalue weighted by Crippen LogP contribution is -2.51. The van der Waals surface area contributed by atoms with Crippen LogP contribution in [0.4, 0.5) is 0 Å². The van der Waals surface area contributed by atoms with Crippen molar-refractivity contribution >= 4 is 11.9 Å². The van der Waals surface area contributed by atoms with Crippen LogP contribution >= 0.6 is 0 Å². The normalized spacial score (nSPS) is 22.2. The molecule has 18 heavy (non-hydrogen) atoms. The lowest BCUT2D eigenvalue weighted by Gasteiger charge is -2.40. The molecule has 0 amide bonds. The van der Waals surface area contributed by atoms with Crippen molar-refractivity contribution in [3.05, 3.63) is 35.4 Å². The monoisotopic (exact) mass is 248 g/mol. The van der Waals surface area contributed by atoms with Crippen LogP contribution in [-0.4, -0.2) is 18.5 Å². The molecule has 0 spiro atoms. The highest BCUT2D eigenvalue weighted by Gasteiger charge is 2.38. The van der Waals surface area contributed by atoms with E-state index in [9.17, 15) is 19.8 Å². The zero-order valence-corrected chi connectivity index (χ0v) is 9.68. The molecule has 0 saturated heterocycles. The minimum absolute atomic E-state index is 0.186. The summed E-state index contributed by atoms with van der Waals surface area (Å²) < 4.78 is 5.35. The van der Waals surface area contributed by atoms with Gasteiger partial charge in [0.05, 0.1) is 12.6 Å². The number of carbonyl (C=O) groups is 2. The summed E-state index contributed by atoms with van der Waals surface area (Å²) in [5.74, 6) is -2.71. The number of hydrogen-bond donors (Lipinski definition) is 0. The summed E-state index contributed by atoms with van der Waals surface area (Å²) >= 11 is 0. The molecule has 1 aromatic carbocycles. The van der Waals surface area contributed by atoms with Crippen molar-refractivity contribution in [2.45, 2.75) is 24.9 Å². The maximum atomic E-state index is 11.4. The molecule has 0 fully saturated rings. The smallest absolute Gasteiger partial charge is 0.133 e. The fraction of sp³-hybridized carbons (Fsp3) is 0.385. The van der Waals surface area contributed by atoms with Gasteiger partial charge in [-0.2, -0.15) is 0 Å². The zero-order valence-electron chi connectivity index (χ0n) is 9.68. The standard InChI is InChI=1S/C13H14O5/c14-11(15)5-7-13(12(16)17)10-4-2-1-3-9(10)6-8-18-13/h1-4H,5-8H2,(H,14,15)(H,16,17)/p-2. The predicted octanol–water partition coefficient (Wildman–Crippen LogP) is -1.27. The molecule has 5 nitrogen and oxygen atoms in total. The van der Waals surface area contributed by atoms with Gasteiger partial charge in [-0.25, -0.2) is 0 Å². The number of ether oxygens (including phenoxy) is 1. The number of carbonyl (C=O) groups excluding carboxylic acids is 2. The molecule has 0 N–H and O–H groups in total. The molecule has 1 atom stereocenters. The van der Waals surface area contributed by atoms with Gasteiger partial charge in [0.15, 0.2) is 0 Å². The van der Waals surface area contributed by atoms with Gasteiger partial charge in [0.25, 0.3) is 0 Å². The van der Waals surface area contributed by atoms with E-state index >= 15 is 0 Å². The second-order valence-electron chi connectivity index (χ2n) is 4.24. The highest BCUT2D eigenvalue weighted by molar-refractivity contribution is 5.79. The molecular formula is C13H12O5-2. The molecule has 2 rings (SSSR count). The van der Waals surface area contributed by atoms with Crippen LogP contribution in [0.3, 0.4) is 0 Å². The first kappa shape index (κ1) is 12.6. The average molecular weight is 248 g/mol. The van der Waals surface area contributed by atoms with E-state index in [0.29, 0.717) is 12.0 Å². The SMILES string of the molecule is O=C([O-])CCC1(C(=O)[O-])OCCc2ccccc21. The summed E-state index contributed by atoms with van der Waals surface area (Å²) in [5, 5.41) is 21.9. The van der Waals surface area contributed by atoms with Crippen molar-refractivity contribution in [2.24, 2.45) is 0 Å². The average Bonchev–Trinajstić information content (AvgIpc) is 2.36. The van der Waals surface area contributed by atoms with Crippen LogP contribution in [-0.2, 0) is 26.3 Å². The molecule has 0 radical (unpaired) electrons. The lowest BCUT2D eigenvalue weighted by atomic mass is 9.83. The maximum Gasteiger partial charge on any atom is 0.133 e. The number of hydrogen-bond acceptors (Lipinski definition) is 5. The Hall–Kier alpha value is -1.88. The Kier molecular flexibility index (Phi) is 3.34. The van der Waals surface area contributed by atoms with E-state index in [4.69, 9.17) is 4.74 Å². The molecule has 1 aliphatic rings. The molecule has 0 bridgehead atoms. The number of rotatable bonds is 4. The van der Waals surface area contributed by atoms with Crippen LogP contribution in [0.2, 0.25) is 0 Å². The molecule has 0 aliphatic carbocycles. The van der Waals surface area contributed by atoms with Gasteiger partial charge in [-0.1, -0.05) is 24.3 Å². The summed E-state index contributed by atoms with van der Waals surface area (Å²) in [4.78, 5) is 21.9. The van der Waals surface area contributed by atoms with E-state index in [1.807, 2.05) is 12.1 Å². The van der Waals surface area contributed by atoms with Gasteiger partial charge in [-0.05, 0) is 30.4 Å². The highest BCUT2D eigenvalue weighted by atomic mass is 16.5. The van der Waals surface area contributed by atoms with Gasteiger partial charge in [-0.3, -0.25) is 0 Å². The van der Waals surface area contributed by atoms with Crippen LogP contribution in [0, 0.1) is 0 Å². The summed E-state index contributed by atoms with van der Waals surface area (Å²) in [7, 11) is 0. The number of carboxylic acids is 2. The fourth-order valence-corrected chi connectivity index (χ4v) is 2.30. The Labute approximate surface area is 104 Å². The summed E-state index contributed by atoms with van der Waals surface area (Å²) in [5.41, 5.74) is -0.335. The summed E-state index contributed by atoms with van der Waals surface area (Å²) in [6, 6.07) is 6.96. The van der Waals surface area contributed by atoms with E-state index in [1.54, 1.807) is 12.1 Å². The van der Waals surface area contributed by atoms with Crippen LogP contribution < -0.4 is 10.2 Å². The highest BCUT2D eigenvalue weighted by Crippen LogP contribution is 2.36. The number of benzene rings is 1. The molecule has 1 aliphatic heterocycles. The van der Waals surface area contributed by atoms with E-state index in [1.165, 1.54) is 0 Å². The first-order valence-electron chi connectivity index (χ1n) is 5.70. The third-order valence-corrected chi connectivity index (χ3v) is 3.18. The second-order valence-corrected chi connectivity index (χ2v) is 4.24. The molecule has 1 heterocycles. The van der Waals surface area contributed by atoms with E-state index in [-0.39, 0.29) is 19.4 Å². The predicted molar refractivity (Wildman–Crippen MR) is 57.0 cm³/mol. The van der Waals surface area contributed by atoms with Crippen LogP contribution in [0.25, 0.3) is 0 Å². The largest absolute Gasteiger partial charge is 0.550 e. The Morgan fingerprint density at radius 2 is 2.00 bits per heavy atom. The lowest BCUT2D eigenvalue weighted by molar-refractivity contribution is -0.332. The minimum Gasteiger partial charge on any atom is -0.550 e. The second kappa shape index (κ2) is 4.78. The first-order chi connectivity index (χ1) is 8.56. The Morgan fingerprint density at radius 1 is 1.28 bits per heavy atom. The van der Waals surface area contributed by atoms with Gasteiger partial charge in [-0.15, -0.1) is 0 Å². The first-order valence-corrected chi connectivity index (χ1v) is 5.70. The molecule has 0 aromatic heterocycles. The topological polar surface area (TPSA) is 89.5 Å². The molecule has 96 valence electrons. The van der Waals surface area contributed by atoms with Crippen LogP contribution in [0.1, 0.15) is 24.0 Å². The third kappa shape index (κ3) is 2.09. The Balaban J connectivity index is 2.42. The van der Waals surface area contributed by atoms with Crippen LogP contribution in [0.15, 0.2) is 24.3 Å². The molecule has 0 saturated carbocycles. The van der Waals surface area contributed by atoms with Crippen molar-refractivity contribution in [1.29, 1.82) is 0 Å². The zero-order chi connectivity index (χ0) is 13.2. The Morgan fingerprint density at radius 3 is 2.67 bits per heavy atom. The van der Waals surface area contributed by atoms with E-state index in [0.717, 1.165) is 5.56 Å². The van der Waals surface area contributed by atoms with Gasteiger partial charge in [0.1, 0.15) is 5.60 Å². The number of aliphatic carboxylic acids is 2. The van der Waals surface area contributed by atoms with Crippen molar-refractivity contribution in [3.8, 4) is 0 Å². The van der Waals surface area contributed by atoms with Crippen molar-refractivity contribution in [2.75, 3.05) is 6.61 Å². The summed E-state index contributed by atoms with van der Waals surface area (Å²) in [6.07, 6.45) is 0.0352. The number of fused-ring (bicyclic) bond motifs is 1. The third-order valence-electron chi connectivity index (χ3n) is 3.18. The van der Waals surface area contributed by atoms with Gasteiger partial charge >= 0.3 is 0 Å². The van der Waals surface area contributed by atoms with Crippen molar-refractivity contribution in [3.63, 3.8) is 0 Å². The molecule has 1 unspecified atom stereocenters.